The molecule has 0 radical (unpaired) electrons. The van der Waals surface area contributed by atoms with Gasteiger partial charge in [0.2, 0.25) is 0 Å². The predicted molar refractivity (Wildman–Crippen MR) is 147 cm³/mol. The molecule has 2 aliphatic heterocycles. The van der Waals surface area contributed by atoms with Gasteiger partial charge in [0.25, 0.3) is 11.5 Å². The number of fused-ring (bicyclic) bond motifs is 1. The number of anilines is 1. The van der Waals surface area contributed by atoms with Crippen molar-refractivity contribution in [2.45, 2.75) is 33.2 Å². The van der Waals surface area contributed by atoms with Gasteiger partial charge in [-0.2, -0.15) is 0 Å². The van der Waals surface area contributed by atoms with Gasteiger partial charge in [0.1, 0.15) is 15.8 Å². The van der Waals surface area contributed by atoms with E-state index in [0.717, 1.165) is 37.1 Å². The SMILES string of the molecule is Cc1ccc2nc(N3CCCC(C)C3)c(/C=C3/SC(=S)N(Cc4ccccc4Cl)C3=O)c(=O)n2c1. The number of nitrogens with zero attached hydrogens (tertiary/aromatic N) is 4. The highest BCUT2D eigenvalue weighted by molar-refractivity contribution is 8.26. The van der Waals surface area contributed by atoms with Crippen LogP contribution in [0, 0.1) is 12.8 Å². The summed E-state index contributed by atoms with van der Waals surface area (Å²) in [6.07, 6.45) is 5.64. The molecule has 1 aromatic carbocycles. The Balaban J connectivity index is 1.58. The maximum absolute atomic E-state index is 13.7. The minimum absolute atomic E-state index is 0.191. The van der Waals surface area contributed by atoms with Gasteiger partial charge < -0.3 is 4.90 Å². The average molecular weight is 525 g/mol. The van der Waals surface area contributed by atoms with Gasteiger partial charge in [-0.25, -0.2) is 4.98 Å². The summed E-state index contributed by atoms with van der Waals surface area (Å²) < 4.78 is 2.00. The number of thioether (sulfide) groups is 1. The van der Waals surface area contributed by atoms with E-state index >= 15 is 0 Å². The molecular formula is C26H25ClN4O2S2. The van der Waals surface area contributed by atoms with E-state index in [-0.39, 0.29) is 18.0 Å². The van der Waals surface area contributed by atoms with Crippen LogP contribution >= 0.6 is 35.6 Å². The highest BCUT2D eigenvalue weighted by atomic mass is 35.5. The van der Waals surface area contributed by atoms with Gasteiger partial charge in [-0.05, 0) is 55.0 Å². The first-order chi connectivity index (χ1) is 16.8. The Morgan fingerprint density at radius 3 is 2.80 bits per heavy atom. The maximum atomic E-state index is 13.7. The fourth-order valence-corrected chi connectivity index (χ4v) is 5.99. The third-order valence-corrected chi connectivity index (χ3v) is 8.12. The minimum atomic E-state index is -0.230. The summed E-state index contributed by atoms with van der Waals surface area (Å²) in [4.78, 5) is 36.1. The van der Waals surface area contributed by atoms with E-state index in [2.05, 4.69) is 11.8 Å². The number of benzene rings is 1. The van der Waals surface area contributed by atoms with Crippen LogP contribution in [-0.4, -0.2) is 37.6 Å². The molecular weight excluding hydrogens is 500 g/mol. The number of thiocarbonyl (C=S) groups is 1. The Labute approximate surface area is 218 Å². The van der Waals surface area contributed by atoms with E-state index in [1.54, 1.807) is 22.7 Å². The molecule has 5 rings (SSSR count). The molecule has 3 aromatic rings. The van der Waals surface area contributed by atoms with E-state index in [0.29, 0.717) is 37.2 Å². The molecule has 2 aromatic heterocycles. The largest absolute Gasteiger partial charge is 0.356 e. The van der Waals surface area contributed by atoms with Crippen molar-refractivity contribution in [3.63, 3.8) is 0 Å². The fraction of sp³-hybridized carbons (Fsp3) is 0.308. The van der Waals surface area contributed by atoms with Crippen molar-refractivity contribution in [1.29, 1.82) is 0 Å². The molecule has 9 heteroatoms. The smallest absolute Gasteiger partial charge is 0.267 e. The lowest BCUT2D eigenvalue weighted by atomic mass is 10.00. The molecule has 180 valence electrons. The lowest BCUT2D eigenvalue weighted by Crippen LogP contribution is -2.37. The van der Waals surface area contributed by atoms with Crippen molar-refractivity contribution in [1.82, 2.24) is 14.3 Å². The van der Waals surface area contributed by atoms with Crippen LogP contribution in [0.2, 0.25) is 5.02 Å². The number of piperidine rings is 1. The number of hydrogen-bond donors (Lipinski definition) is 0. The van der Waals surface area contributed by atoms with Crippen molar-refractivity contribution in [3.05, 3.63) is 79.6 Å². The molecule has 0 aliphatic carbocycles. The summed E-state index contributed by atoms with van der Waals surface area (Å²) in [5.74, 6) is 0.900. The fourth-order valence-electron chi connectivity index (χ4n) is 4.56. The van der Waals surface area contributed by atoms with Crippen LogP contribution < -0.4 is 10.5 Å². The summed E-state index contributed by atoms with van der Waals surface area (Å²) in [5, 5.41) is 0.583. The van der Waals surface area contributed by atoms with Crippen LogP contribution in [0.3, 0.4) is 0 Å². The van der Waals surface area contributed by atoms with Gasteiger partial charge in [-0.3, -0.25) is 18.9 Å². The molecule has 2 saturated heterocycles. The van der Waals surface area contributed by atoms with Crippen LogP contribution in [0.15, 0.2) is 52.3 Å². The molecule has 0 saturated carbocycles. The van der Waals surface area contributed by atoms with Crippen molar-refractivity contribution < 1.29 is 4.79 Å². The number of hydrogen-bond acceptors (Lipinski definition) is 6. The lowest BCUT2D eigenvalue weighted by Gasteiger charge is -2.32. The highest BCUT2D eigenvalue weighted by Gasteiger charge is 2.33. The Morgan fingerprint density at radius 1 is 1.23 bits per heavy atom. The molecule has 1 unspecified atom stereocenters. The Kier molecular flexibility index (Phi) is 6.70. The normalized spacial score (nSPS) is 19.9. The van der Waals surface area contributed by atoms with E-state index in [1.165, 1.54) is 16.7 Å². The number of amides is 1. The topological polar surface area (TPSA) is 57.9 Å². The summed E-state index contributed by atoms with van der Waals surface area (Å²) in [7, 11) is 0. The third-order valence-electron chi connectivity index (χ3n) is 6.38. The van der Waals surface area contributed by atoms with Crippen LogP contribution in [0.25, 0.3) is 11.7 Å². The number of carbonyl (C=O) groups excluding carboxylic acids is 1. The van der Waals surface area contributed by atoms with Crippen LogP contribution in [0.4, 0.5) is 5.82 Å². The molecule has 0 spiro atoms. The number of halogens is 1. The highest BCUT2D eigenvalue weighted by Crippen LogP contribution is 2.35. The zero-order valence-electron chi connectivity index (χ0n) is 19.5. The molecule has 0 N–H and O–H groups in total. The van der Waals surface area contributed by atoms with Gasteiger partial charge >= 0.3 is 0 Å². The van der Waals surface area contributed by atoms with Crippen molar-refractivity contribution in [3.8, 4) is 0 Å². The van der Waals surface area contributed by atoms with Crippen LogP contribution in [-0.2, 0) is 11.3 Å². The van der Waals surface area contributed by atoms with E-state index < -0.39 is 0 Å². The first-order valence-electron chi connectivity index (χ1n) is 11.6. The number of aryl methyl sites for hydroxylation is 1. The van der Waals surface area contributed by atoms with E-state index in [4.69, 9.17) is 28.8 Å². The van der Waals surface area contributed by atoms with Crippen molar-refractivity contribution in [2.24, 2.45) is 5.92 Å². The number of aromatic nitrogens is 2. The molecule has 4 heterocycles. The molecule has 35 heavy (non-hydrogen) atoms. The molecule has 2 fully saturated rings. The molecule has 1 atom stereocenters. The molecule has 1 amide bonds. The van der Waals surface area contributed by atoms with E-state index in [9.17, 15) is 9.59 Å². The Bertz CT molecular complexity index is 1430. The molecule has 2 aliphatic rings. The van der Waals surface area contributed by atoms with Crippen LogP contribution in [0.5, 0.6) is 0 Å². The summed E-state index contributed by atoms with van der Waals surface area (Å²) >= 11 is 13.0. The number of carbonyl (C=O) groups is 1. The van der Waals surface area contributed by atoms with Gasteiger partial charge in [0.05, 0.1) is 17.0 Å². The average Bonchev–Trinajstić information content (AvgIpc) is 3.10. The first kappa shape index (κ1) is 24.0. The number of rotatable bonds is 4. The van der Waals surface area contributed by atoms with Crippen molar-refractivity contribution in [2.75, 3.05) is 18.0 Å². The summed E-state index contributed by atoms with van der Waals surface area (Å²) in [6, 6.07) is 11.2. The first-order valence-corrected chi connectivity index (χ1v) is 13.2. The molecule has 6 nitrogen and oxygen atoms in total. The quantitative estimate of drug-likeness (QED) is 0.341. The zero-order valence-corrected chi connectivity index (χ0v) is 21.9. The summed E-state index contributed by atoms with van der Waals surface area (Å²) in [6.45, 7) is 6.08. The third kappa shape index (κ3) is 4.75. The van der Waals surface area contributed by atoms with Gasteiger partial charge in [0, 0.05) is 24.3 Å². The second-order valence-corrected chi connectivity index (χ2v) is 11.2. The standard InChI is InChI=1S/C26H25ClN4O2S2/c1-16-6-5-11-29(13-16)23-19(24(32)30-14-17(2)9-10-22(30)28-23)12-21-25(33)31(26(34)35-21)15-18-7-3-4-8-20(18)27/h3-4,7-10,12,14,16H,5-6,11,13,15H2,1-2H3/b21-12+. The number of pyridine rings is 1. The maximum Gasteiger partial charge on any atom is 0.267 e. The Morgan fingerprint density at radius 2 is 2.03 bits per heavy atom. The predicted octanol–water partition coefficient (Wildman–Crippen LogP) is 5.29. The van der Waals surface area contributed by atoms with Crippen LogP contribution in [0.1, 0.15) is 36.5 Å². The van der Waals surface area contributed by atoms with Gasteiger partial charge in [-0.15, -0.1) is 0 Å². The van der Waals surface area contributed by atoms with Gasteiger partial charge in [-0.1, -0.05) is 66.8 Å². The second-order valence-electron chi connectivity index (χ2n) is 9.14. The summed E-state index contributed by atoms with van der Waals surface area (Å²) in [5.41, 5.74) is 2.59. The minimum Gasteiger partial charge on any atom is -0.356 e. The molecule has 0 bridgehead atoms. The second kappa shape index (κ2) is 9.76. The van der Waals surface area contributed by atoms with E-state index in [1.807, 2.05) is 37.3 Å². The van der Waals surface area contributed by atoms with Gasteiger partial charge in [0.15, 0.2) is 0 Å². The Hall–Kier alpha value is -2.68. The monoisotopic (exact) mass is 524 g/mol. The lowest BCUT2D eigenvalue weighted by molar-refractivity contribution is -0.122. The zero-order chi connectivity index (χ0) is 24.7. The van der Waals surface area contributed by atoms with Crippen molar-refractivity contribution >= 4 is 63.3 Å².